The lowest BCUT2D eigenvalue weighted by molar-refractivity contribution is 0.106. The van der Waals surface area contributed by atoms with Crippen LogP contribution in [-0.2, 0) is 0 Å². The predicted octanol–water partition coefficient (Wildman–Crippen LogP) is 3.91. The highest BCUT2D eigenvalue weighted by Crippen LogP contribution is 2.29. The van der Waals surface area contributed by atoms with Crippen LogP contribution in [0.2, 0.25) is 0 Å². The molecule has 3 rings (SSSR count). The Labute approximate surface area is 133 Å². The van der Waals surface area contributed by atoms with E-state index >= 15 is 0 Å². The molecular weight excluding hydrogens is 290 g/mol. The number of methoxy groups -OCH3 is 1. The van der Waals surface area contributed by atoms with Gasteiger partial charge in [0.15, 0.2) is 5.71 Å². The highest BCUT2D eigenvalue weighted by molar-refractivity contribution is 6.52. The Morgan fingerprint density at radius 2 is 1.57 bits per heavy atom. The summed E-state index contributed by atoms with van der Waals surface area (Å²) in [5.74, 6) is 0.358. The van der Waals surface area contributed by atoms with Crippen LogP contribution in [0.1, 0.15) is 15.9 Å². The molecule has 4 nitrogen and oxygen atoms in total. The number of Topliss-reactive ketones (excluding diaryl/α,β-unsaturated/α-hetero) is 1. The van der Waals surface area contributed by atoms with Gasteiger partial charge in [-0.3, -0.25) is 4.79 Å². The molecule has 0 aliphatic carbocycles. The van der Waals surface area contributed by atoms with Crippen molar-refractivity contribution in [2.24, 2.45) is 5.16 Å². The predicted molar refractivity (Wildman–Crippen MR) is 89.6 cm³/mol. The topological polar surface area (TPSA) is 58.9 Å². The van der Waals surface area contributed by atoms with E-state index in [0.717, 1.165) is 10.8 Å². The van der Waals surface area contributed by atoms with E-state index in [1.807, 2.05) is 30.3 Å². The second-order valence-electron chi connectivity index (χ2n) is 5.00. The van der Waals surface area contributed by atoms with Crippen molar-refractivity contribution in [2.75, 3.05) is 7.11 Å². The summed E-state index contributed by atoms with van der Waals surface area (Å²) in [7, 11) is 1.59. The van der Waals surface area contributed by atoms with E-state index in [1.54, 1.807) is 43.5 Å². The minimum atomic E-state index is -0.336. The molecule has 23 heavy (non-hydrogen) atoms. The van der Waals surface area contributed by atoms with Gasteiger partial charge < -0.3 is 9.94 Å². The number of carbonyl (C=O) groups excluding carboxylic acids is 1. The van der Waals surface area contributed by atoms with Crippen molar-refractivity contribution in [3.63, 3.8) is 0 Å². The summed E-state index contributed by atoms with van der Waals surface area (Å²) >= 11 is 0. The van der Waals surface area contributed by atoms with Crippen LogP contribution in [0.3, 0.4) is 0 Å². The molecule has 0 aliphatic rings. The quantitative estimate of drug-likeness (QED) is 0.344. The average Bonchev–Trinajstić information content (AvgIpc) is 2.62. The molecule has 0 fully saturated rings. The van der Waals surface area contributed by atoms with Crippen molar-refractivity contribution in [2.45, 2.75) is 0 Å². The number of fused-ring (bicyclic) bond motifs is 1. The highest BCUT2D eigenvalue weighted by atomic mass is 16.5. The van der Waals surface area contributed by atoms with Crippen molar-refractivity contribution >= 4 is 22.3 Å². The molecule has 0 atom stereocenters. The Kier molecular flexibility index (Phi) is 4.06. The number of carbonyl (C=O) groups is 1. The maximum atomic E-state index is 12.9. The number of hydrogen-bond acceptors (Lipinski definition) is 4. The molecule has 0 unspecified atom stereocenters. The first-order valence-electron chi connectivity index (χ1n) is 7.14. The summed E-state index contributed by atoms with van der Waals surface area (Å²) in [5, 5.41) is 14.1. The maximum Gasteiger partial charge on any atom is 0.215 e. The van der Waals surface area contributed by atoms with E-state index in [-0.39, 0.29) is 11.5 Å². The first-order valence-corrected chi connectivity index (χ1v) is 7.14. The van der Waals surface area contributed by atoms with E-state index in [0.29, 0.717) is 16.9 Å². The van der Waals surface area contributed by atoms with Crippen molar-refractivity contribution in [3.8, 4) is 5.75 Å². The lowest BCUT2D eigenvalue weighted by atomic mass is 9.95. The molecule has 0 aromatic heterocycles. The van der Waals surface area contributed by atoms with Gasteiger partial charge in [-0.25, -0.2) is 0 Å². The van der Waals surface area contributed by atoms with Crippen molar-refractivity contribution in [1.82, 2.24) is 0 Å². The van der Waals surface area contributed by atoms with Gasteiger partial charge in [0, 0.05) is 16.5 Å². The number of nitrogens with zero attached hydrogens (tertiary/aromatic N) is 1. The molecule has 0 amide bonds. The minimum absolute atomic E-state index is 0.0147. The van der Waals surface area contributed by atoms with Crippen LogP contribution in [0.5, 0.6) is 5.75 Å². The van der Waals surface area contributed by atoms with Gasteiger partial charge in [-0.15, -0.1) is 0 Å². The number of oxime groups is 1. The van der Waals surface area contributed by atoms with E-state index in [9.17, 15) is 10.0 Å². The fourth-order valence-corrected chi connectivity index (χ4v) is 2.61. The summed E-state index contributed by atoms with van der Waals surface area (Å²) in [4.78, 5) is 12.9. The molecule has 0 aliphatic heterocycles. The number of ketones is 1. The molecule has 0 bridgehead atoms. The molecule has 0 saturated heterocycles. The van der Waals surface area contributed by atoms with Crippen LogP contribution in [0.4, 0.5) is 0 Å². The van der Waals surface area contributed by atoms with Gasteiger partial charge in [-0.05, 0) is 17.5 Å². The van der Waals surface area contributed by atoms with Crippen LogP contribution in [-0.4, -0.2) is 23.8 Å². The van der Waals surface area contributed by atoms with Gasteiger partial charge in [-0.2, -0.15) is 0 Å². The number of benzene rings is 3. The molecule has 0 saturated carbocycles. The largest absolute Gasteiger partial charge is 0.496 e. The van der Waals surface area contributed by atoms with E-state index < -0.39 is 0 Å². The summed E-state index contributed by atoms with van der Waals surface area (Å²) in [6.07, 6.45) is 0. The molecule has 1 N–H and O–H groups in total. The molecule has 0 spiro atoms. The molecule has 0 heterocycles. The third-order valence-corrected chi connectivity index (χ3v) is 3.71. The molecule has 3 aromatic rings. The lowest BCUT2D eigenvalue weighted by Crippen LogP contribution is -2.16. The van der Waals surface area contributed by atoms with Crippen LogP contribution in [0, 0.1) is 0 Å². The van der Waals surface area contributed by atoms with Crippen molar-refractivity contribution in [3.05, 3.63) is 77.9 Å². The number of rotatable bonds is 4. The van der Waals surface area contributed by atoms with E-state index in [4.69, 9.17) is 4.74 Å². The average molecular weight is 305 g/mol. The summed E-state index contributed by atoms with van der Waals surface area (Å²) in [6, 6.07) is 19.8. The van der Waals surface area contributed by atoms with Crippen molar-refractivity contribution in [1.29, 1.82) is 0 Å². The second-order valence-corrected chi connectivity index (χ2v) is 5.00. The number of ether oxygens (including phenoxy) is 1. The summed E-state index contributed by atoms with van der Waals surface area (Å²) < 4.78 is 5.34. The molecule has 4 heteroatoms. The Morgan fingerprint density at radius 3 is 2.22 bits per heavy atom. The maximum absolute atomic E-state index is 12.9. The molecule has 0 radical (unpaired) electrons. The monoisotopic (exact) mass is 305 g/mol. The third-order valence-electron chi connectivity index (χ3n) is 3.71. The lowest BCUT2D eigenvalue weighted by Gasteiger charge is -2.10. The fourth-order valence-electron chi connectivity index (χ4n) is 2.61. The fraction of sp³-hybridized carbons (Fsp3) is 0.0526. The zero-order chi connectivity index (χ0) is 16.2. The van der Waals surface area contributed by atoms with Crippen LogP contribution >= 0.6 is 0 Å². The smallest absolute Gasteiger partial charge is 0.215 e. The van der Waals surface area contributed by atoms with Crippen LogP contribution in [0.25, 0.3) is 10.8 Å². The normalized spacial score (nSPS) is 11.4. The van der Waals surface area contributed by atoms with E-state index in [2.05, 4.69) is 5.16 Å². The third kappa shape index (κ3) is 2.66. The number of hydrogen-bond donors (Lipinski definition) is 1. The van der Waals surface area contributed by atoms with Crippen LogP contribution < -0.4 is 4.74 Å². The first kappa shape index (κ1) is 14.8. The Balaban J connectivity index is 2.15. The SMILES string of the molecule is COc1ccc(C(=O)C(=NO)c2ccccc2)c2ccccc12. The van der Waals surface area contributed by atoms with E-state index in [1.165, 1.54) is 0 Å². The van der Waals surface area contributed by atoms with Crippen molar-refractivity contribution < 1.29 is 14.7 Å². The molecule has 114 valence electrons. The van der Waals surface area contributed by atoms with Gasteiger partial charge in [0.2, 0.25) is 5.78 Å². The van der Waals surface area contributed by atoms with Crippen LogP contribution in [0.15, 0.2) is 71.9 Å². The van der Waals surface area contributed by atoms with Gasteiger partial charge in [0.1, 0.15) is 5.75 Å². The van der Waals surface area contributed by atoms with Gasteiger partial charge in [-0.1, -0.05) is 59.8 Å². The summed E-state index contributed by atoms with van der Waals surface area (Å²) in [5.41, 5.74) is 1.05. The Hall–Kier alpha value is -3.14. The van der Waals surface area contributed by atoms with Gasteiger partial charge in [0.25, 0.3) is 0 Å². The zero-order valence-electron chi connectivity index (χ0n) is 12.6. The Morgan fingerprint density at radius 1 is 0.913 bits per heavy atom. The standard InChI is InChI=1S/C19H15NO3/c1-23-17-12-11-16(14-9-5-6-10-15(14)17)19(21)18(20-22)13-7-3-2-4-8-13/h2-12,22H,1H3. The second kappa shape index (κ2) is 6.32. The molecular formula is C19H15NO3. The minimum Gasteiger partial charge on any atom is -0.496 e. The van der Waals surface area contributed by atoms with Gasteiger partial charge in [0.05, 0.1) is 7.11 Å². The highest BCUT2D eigenvalue weighted by Gasteiger charge is 2.20. The summed E-state index contributed by atoms with van der Waals surface area (Å²) in [6.45, 7) is 0. The zero-order valence-corrected chi connectivity index (χ0v) is 12.6. The first-order chi connectivity index (χ1) is 11.3. The molecule has 3 aromatic carbocycles. The Bertz CT molecular complexity index is 886. The van der Waals surface area contributed by atoms with Gasteiger partial charge >= 0.3 is 0 Å².